The Labute approximate surface area is 254 Å². The Balaban J connectivity index is 0.00000405. The van der Waals surface area contributed by atoms with Crippen molar-refractivity contribution in [2.45, 2.75) is 76.1 Å². The number of hydrogen-bond acceptors (Lipinski definition) is 6. The SMILES string of the molecule is CCN1C(=O)[C@@H]([C@H](O)C2CCCCC2)NC(=O)C12CCN(Cc1ccc(Oc3ccc(C(=O)NC)cc3)cc1)CC2.Cl. The molecule has 0 aromatic heterocycles. The van der Waals surface area contributed by atoms with E-state index in [1.54, 1.807) is 36.2 Å². The molecule has 1 spiro atoms. The van der Waals surface area contributed by atoms with Gasteiger partial charge < -0.3 is 25.4 Å². The van der Waals surface area contributed by atoms with Crippen molar-refractivity contribution in [3.63, 3.8) is 0 Å². The number of aliphatic hydroxyl groups is 1. The van der Waals surface area contributed by atoms with E-state index in [0.717, 1.165) is 37.8 Å². The molecule has 228 valence electrons. The van der Waals surface area contributed by atoms with E-state index in [4.69, 9.17) is 4.74 Å². The molecule has 0 bridgehead atoms. The minimum absolute atomic E-state index is 0. The van der Waals surface area contributed by atoms with Gasteiger partial charge in [-0.25, -0.2) is 0 Å². The van der Waals surface area contributed by atoms with E-state index in [1.807, 2.05) is 31.2 Å². The third kappa shape index (κ3) is 6.58. The van der Waals surface area contributed by atoms with Crippen molar-refractivity contribution in [2.75, 3.05) is 26.7 Å². The molecule has 2 heterocycles. The molecule has 1 aliphatic carbocycles. The summed E-state index contributed by atoms with van der Waals surface area (Å²) in [6.07, 6.45) is 5.43. The maximum Gasteiger partial charge on any atom is 0.251 e. The van der Waals surface area contributed by atoms with Gasteiger partial charge >= 0.3 is 0 Å². The van der Waals surface area contributed by atoms with E-state index in [0.29, 0.717) is 49.5 Å². The number of halogens is 1. The van der Waals surface area contributed by atoms with Gasteiger partial charge in [-0.3, -0.25) is 19.3 Å². The van der Waals surface area contributed by atoms with Crippen molar-refractivity contribution in [1.29, 1.82) is 0 Å². The predicted octanol–water partition coefficient (Wildman–Crippen LogP) is 3.88. The molecular formula is C32H43ClN4O5. The molecule has 2 atom stereocenters. The average molecular weight is 599 g/mol. The second kappa shape index (κ2) is 13.9. The third-order valence-corrected chi connectivity index (χ3v) is 9.14. The van der Waals surface area contributed by atoms with E-state index in [1.165, 1.54) is 6.42 Å². The Morgan fingerprint density at radius 1 is 1.02 bits per heavy atom. The summed E-state index contributed by atoms with van der Waals surface area (Å²) in [5, 5.41) is 16.6. The van der Waals surface area contributed by atoms with Gasteiger partial charge in [-0.15, -0.1) is 12.4 Å². The van der Waals surface area contributed by atoms with Gasteiger partial charge in [0.2, 0.25) is 11.8 Å². The molecule has 10 heteroatoms. The van der Waals surface area contributed by atoms with Crippen LogP contribution in [0.4, 0.5) is 0 Å². The number of likely N-dealkylation sites (N-methyl/N-ethyl adjacent to an activating group) is 1. The lowest BCUT2D eigenvalue weighted by Crippen LogP contribution is -2.74. The van der Waals surface area contributed by atoms with Crippen molar-refractivity contribution in [2.24, 2.45) is 5.92 Å². The molecule has 2 aromatic rings. The number of benzene rings is 2. The van der Waals surface area contributed by atoms with Crippen LogP contribution >= 0.6 is 12.4 Å². The number of likely N-dealkylation sites (tertiary alicyclic amines) is 1. The van der Waals surface area contributed by atoms with Crippen LogP contribution in [0.15, 0.2) is 48.5 Å². The Kier molecular flexibility index (Phi) is 10.5. The number of amides is 3. The van der Waals surface area contributed by atoms with Crippen LogP contribution in [0, 0.1) is 5.92 Å². The van der Waals surface area contributed by atoms with Gasteiger partial charge in [0.15, 0.2) is 0 Å². The van der Waals surface area contributed by atoms with Gasteiger partial charge in [0, 0.05) is 38.8 Å². The Bertz CT molecular complexity index is 1220. The molecular weight excluding hydrogens is 556 g/mol. The second-order valence-electron chi connectivity index (χ2n) is 11.6. The number of carbonyl (C=O) groups is 3. The molecule has 42 heavy (non-hydrogen) atoms. The number of ether oxygens (including phenoxy) is 1. The molecule has 3 aliphatic rings. The predicted molar refractivity (Wildman–Crippen MR) is 163 cm³/mol. The zero-order valence-corrected chi connectivity index (χ0v) is 25.3. The molecule has 3 N–H and O–H groups in total. The summed E-state index contributed by atoms with van der Waals surface area (Å²) < 4.78 is 5.93. The van der Waals surface area contributed by atoms with Crippen molar-refractivity contribution >= 4 is 30.1 Å². The number of piperidine rings is 1. The molecule has 2 saturated heterocycles. The summed E-state index contributed by atoms with van der Waals surface area (Å²) >= 11 is 0. The van der Waals surface area contributed by atoms with Crippen LogP contribution in [0.1, 0.15) is 67.8 Å². The number of piperazine rings is 1. The van der Waals surface area contributed by atoms with E-state index in [2.05, 4.69) is 15.5 Å². The average Bonchev–Trinajstić information content (AvgIpc) is 3.01. The molecule has 2 aromatic carbocycles. The van der Waals surface area contributed by atoms with Crippen LogP contribution in [-0.4, -0.2) is 77.0 Å². The standard InChI is InChI=1S/C32H42N4O5.ClH/c1-3-36-30(39)27(28(37)23-7-5-4-6-8-23)34-31(40)32(36)17-19-35(20-18-32)21-22-9-13-25(14-10-22)41-26-15-11-24(12-16-26)29(38)33-2;/h9-16,23,27-28,37H,3-8,17-21H2,1-2H3,(H,33,38)(H,34,40);1H/t27-,28-;/m1./s1. The second-order valence-corrected chi connectivity index (χ2v) is 11.6. The minimum atomic E-state index is -0.851. The van der Waals surface area contributed by atoms with Gasteiger partial charge in [0.1, 0.15) is 23.1 Å². The highest BCUT2D eigenvalue weighted by atomic mass is 35.5. The lowest BCUT2D eigenvalue weighted by atomic mass is 9.78. The number of nitrogens with zero attached hydrogens (tertiary/aromatic N) is 2. The first kappa shape index (κ1) is 31.8. The molecule has 0 radical (unpaired) electrons. The van der Waals surface area contributed by atoms with Crippen LogP contribution in [-0.2, 0) is 16.1 Å². The van der Waals surface area contributed by atoms with Crippen LogP contribution in [0.5, 0.6) is 11.5 Å². The van der Waals surface area contributed by atoms with Crippen LogP contribution < -0.4 is 15.4 Å². The van der Waals surface area contributed by atoms with E-state index < -0.39 is 17.7 Å². The fourth-order valence-corrected chi connectivity index (χ4v) is 6.73. The number of carbonyl (C=O) groups excluding carboxylic acids is 3. The van der Waals surface area contributed by atoms with Crippen LogP contribution in [0.2, 0.25) is 0 Å². The highest BCUT2D eigenvalue weighted by molar-refractivity contribution is 6.00. The van der Waals surface area contributed by atoms with Crippen LogP contribution in [0.25, 0.3) is 0 Å². The Morgan fingerprint density at radius 3 is 2.19 bits per heavy atom. The van der Waals surface area contributed by atoms with E-state index in [-0.39, 0.29) is 36.0 Å². The van der Waals surface area contributed by atoms with Gasteiger partial charge in [0.05, 0.1) is 6.10 Å². The van der Waals surface area contributed by atoms with E-state index >= 15 is 0 Å². The Morgan fingerprint density at radius 2 is 1.62 bits per heavy atom. The normalized spacial score (nSPS) is 21.8. The van der Waals surface area contributed by atoms with Gasteiger partial charge in [0.25, 0.3) is 5.91 Å². The minimum Gasteiger partial charge on any atom is -0.457 e. The highest BCUT2D eigenvalue weighted by Crippen LogP contribution is 2.36. The zero-order valence-electron chi connectivity index (χ0n) is 24.5. The van der Waals surface area contributed by atoms with E-state index in [9.17, 15) is 19.5 Å². The highest BCUT2D eigenvalue weighted by Gasteiger charge is 2.54. The van der Waals surface area contributed by atoms with Gasteiger partial charge in [-0.05, 0) is 80.5 Å². The summed E-state index contributed by atoms with van der Waals surface area (Å²) in [6, 6.07) is 14.1. The molecule has 2 aliphatic heterocycles. The molecule has 0 unspecified atom stereocenters. The quantitative estimate of drug-likeness (QED) is 0.425. The summed E-state index contributed by atoms with van der Waals surface area (Å²) in [7, 11) is 1.60. The maximum absolute atomic E-state index is 13.6. The first-order valence-electron chi connectivity index (χ1n) is 15.0. The fourth-order valence-electron chi connectivity index (χ4n) is 6.73. The maximum atomic E-state index is 13.6. The largest absolute Gasteiger partial charge is 0.457 e. The first-order chi connectivity index (χ1) is 19.8. The number of aliphatic hydroxyl groups excluding tert-OH is 1. The van der Waals surface area contributed by atoms with Crippen molar-refractivity contribution in [3.8, 4) is 11.5 Å². The lowest BCUT2D eigenvalue weighted by molar-refractivity contribution is -0.165. The number of nitrogens with one attached hydrogen (secondary N) is 2. The summed E-state index contributed by atoms with van der Waals surface area (Å²) in [6.45, 7) is 4.51. The van der Waals surface area contributed by atoms with Crippen molar-refractivity contribution < 1.29 is 24.2 Å². The number of hydrogen-bond donors (Lipinski definition) is 3. The molecule has 3 amide bonds. The van der Waals surface area contributed by atoms with Crippen LogP contribution in [0.3, 0.4) is 0 Å². The monoisotopic (exact) mass is 598 g/mol. The zero-order chi connectivity index (χ0) is 29.0. The summed E-state index contributed by atoms with van der Waals surface area (Å²) in [4.78, 5) is 42.9. The topological polar surface area (TPSA) is 111 Å². The smallest absolute Gasteiger partial charge is 0.251 e. The third-order valence-electron chi connectivity index (χ3n) is 9.14. The van der Waals surface area contributed by atoms with Gasteiger partial charge in [-0.1, -0.05) is 31.4 Å². The first-order valence-corrected chi connectivity index (χ1v) is 15.0. The summed E-state index contributed by atoms with van der Waals surface area (Å²) in [5.74, 6) is 1.03. The van der Waals surface area contributed by atoms with Gasteiger partial charge in [-0.2, -0.15) is 0 Å². The molecule has 5 rings (SSSR count). The fraction of sp³-hybridized carbons (Fsp3) is 0.531. The summed E-state index contributed by atoms with van der Waals surface area (Å²) in [5.41, 5.74) is 0.860. The van der Waals surface area contributed by atoms with Crippen molar-refractivity contribution in [3.05, 3.63) is 59.7 Å². The lowest BCUT2D eigenvalue weighted by Gasteiger charge is -2.52. The molecule has 3 fully saturated rings. The molecule has 1 saturated carbocycles. The number of rotatable bonds is 8. The Hall–Kier alpha value is -3.14. The molecule has 9 nitrogen and oxygen atoms in total. The van der Waals surface area contributed by atoms with Crippen molar-refractivity contribution in [1.82, 2.24) is 20.4 Å².